The normalized spacial score (nSPS) is 13.7. The first-order valence-corrected chi connectivity index (χ1v) is 34.5. The highest BCUT2D eigenvalue weighted by atomic mass is 17.3. The van der Waals surface area contributed by atoms with E-state index in [1.54, 1.807) is 35.3 Å². The highest BCUT2D eigenvalue weighted by Gasteiger charge is 2.25. The second kappa shape index (κ2) is 39.7. The fourth-order valence-corrected chi connectivity index (χ4v) is 10.6. The largest absolute Gasteiger partial charge is 0.392 e. The van der Waals surface area contributed by atoms with Gasteiger partial charge in [-0.05, 0) is 152 Å². The fraction of sp³-hybridized carbons (Fsp3) is 0.412. The van der Waals surface area contributed by atoms with Gasteiger partial charge in [0, 0.05) is 101 Å². The minimum absolute atomic E-state index is 0.0676. The van der Waals surface area contributed by atoms with Gasteiger partial charge in [-0.25, -0.2) is 9.50 Å². The summed E-state index contributed by atoms with van der Waals surface area (Å²) in [5.74, 6) is 6.58. The van der Waals surface area contributed by atoms with E-state index in [2.05, 4.69) is 225 Å². The molecule has 0 fully saturated rings. The van der Waals surface area contributed by atoms with E-state index in [9.17, 15) is 0 Å². The Morgan fingerprint density at radius 3 is 1.76 bits per heavy atom. The van der Waals surface area contributed by atoms with Crippen LogP contribution in [0.1, 0.15) is 165 Å². The standard InChI is InChI=1S/C13H11N3O.C13H19N3.C11H12N2O2.C10H18N2.C9H13N3O.C9H12N2O.C9H15N.C6H10N2/c1-9-7-14-8-11(9)12-15-13(17-16-12)10-5-3-2-4-6-10;1-8-7-9(2)16-12(14-8)10(3)11(15-16)13(4,5)6;1-8-5-6-13-11(8)9-3-2-4-10(7-9)14-15-12;1-6-12-7-8(2)9(11-12)10(3,4)5;1-4-5-13-10-6-9-8(2)7-12(3)11-9;1-3-6-12-11-7-9-8(2)4-5-10-9;1-7-5-6-10-8(7)9(2,3)4;1-5-4-7-8(3)6(5)2/h2-7H,8H2,1H3;7H,1-6H3;2-5,7H,6,12H2,1H3;7H,6H2,1-5H3;4,6-7H,1,5H2,2-3H3;3-4,7H,1,5-6H2,2H3;5H,6H2,1-4H3;4H,1-3H3/b;;;;10-6+;11-7+;;. The average molecular weight is 1400 g/mol. The summed E-state index contributed by atoms with van der Waals surface area (Å²) in [5, 5.41) is 28.9. The van der Waals surface area contributed by atoms with Crippen LogP contribution in [0, 0.1) is 53.9 Å². The molecule has 0 saturated carbocycles. The molecule has 4 aliphatic rings. The number of fused-ring (bicyclic) bond motifs is 1. The first kappa shape index (κ1) is 83.3. The second-order valence-electron chi connectivity index (χ2n) is 28.0. The van der Waals surface area contributed by atoms with Crippen molar-refractivity contribution in [1.82, 2.24) is 54.1 Å². The van der Waals surface area contributed by atoms with Crippen molar-refractivity contribution in [3.8, 4) is 17.2 Å². The Labute approximate surface area is 610 Å². The molecule has 0 spiro atoms. The summed E-state index contributed by atoms with van der Waals surface area (Å²) in [7, 11) is 3.82. The molecule has 8 aromatic rings. The van der Waals surface area contributed by atoms with Crippen molar-refractivity contribution in [1.29, 1.82) is 0 Å². The number of nitrogens with zero attached hydrogens (tertiary/aromatic N) is 17. The van der Waals surface area contributed by atoms with Crippen molar-refractivity contribution < 1.29 is 24.1 Å². The van der Waals surface area contributed by atoms with Gasteiger partial charge in [-0.3, -0.25) is 34.0 Å². The van der Waals surface area contributed by atoms with Gasteiger partial charge >= 0.3 is 0 Å². The topological polar surface area (TPSA) is 260 Å². The van der Waals surface area contributed by atoms with E-state index in [0.717, 1.165) is 99.4 Å². The van der Waals surface area contributed by atoms with E-state index in [-0.39, 0.29) is 16.2 Å². The molecular weight excluding hydrogens is 1290 g/mol. The van der Waals surface area contributed by atoms with Crippen LogP contribution in [0.25, 0.3) is 22.7 Å². The lowest BCUT2D eigenvalue weighted by atomic mass is 9.87. The van der Waals surface area contributed by atoms with Crippen LogP contribution in [-0.4, -0.2) is 129 Å². The van der Waals surface area contributed by atoms with Gasteiger partial charge in [0.05, 0.1) is 67.6 Å². The SMILES string of the molecule is C=CCO/N=C/C1=NCC=C1C.C=CCO/N=C/c1nn(C)cc1C.CC1=C(c2noc(-c3ccccc3)n2)CN=C1.CC1=CCN=C1C(C)(C)C.CC1=CCN=C1c1cccc(OON)c1.CCn1cc(C)c(C(C)(C)C)n1.Cc1cc(C)n2nc(C(C)(C)C)c(C)c2n1.Cc1cnn(C)c1C. The number of aliphatic imine (C=N–C) groups is 4. The lowest BCUT2D eigenvalue weighted by Gasteiger charge is -2.19. The van der Waals surface area contributed by atoms with Crippen LogP contribution in [-0.2, 0) is 46.1 Å². The van der Waals surface area contributed by atoms with Gasteiger partial charge < -0.3 is 19.1 Å². The molecule has 550 valence electrons. The second-order valence-corrected chi connectivity index (χ2v) is 28.0. The summed E-state index contributed by atoms with van der Waals surface area (Å²) in [6.45, 7) is 56.3. The summed E-state index contributed by atoms with van der Waals surface area (Å²) in [6, 6.07) is 19.3. The number of rotatable bonds is 14. The Kier molecular flexibility index (Phi) is 32.1. The van der Waals surface area contributed by atoms with Crippen LogP contribution in [0.15, 0.2) is 180 Å². The third-order valence-corrected chi connectivity index (χ3v) is 16.0. The molecule has 2 N–H and O–H groups in total. The molecule has 23 nitrogen and oxygen atoms in total. The van der Waals surface area contributed by atoms with Crippen molar-refractivity contribution in [3.63, 3.8) is 0 Å². The van der Waals surface area contributed by atoms with Crippen LogP contribution in [0.5, 0.6) is 5.75 Å². The number of hydrogen-bond acceptors (Lipinski definition) is 19. The average Bonchev–Trinajstić information content (AvgIpc) is 1.64. The Morgan fingerprint density at radius 1 is 0.650 bits per heavy atom. The summed E-state index contributed by atoms with van der Waals surface area (Å²) >= 11 is 0. The molecular formula is C80H110N18O5. The Bertz CT molecular complexity index is 4400. The molecule has 0 bridgehead atoms. The first-order chi connectivity index (χ1) is 48.7. The van der Waals surface area contributed by atoms with Gasteiger partial charge in [0.15, 0.2) is 11.4 Å². The molecule has 6 aromatic heterocycles. The summed E-state index contributed by atoms with van der Waals surface area (Å²) in [6.07, 6.45) is 20.6. The zero-order valence-corrected chi connectivity index (χ0v) is 65.2. The van der Waals surface area contributed by atoms with Gasteiger partial charge in [-0.15, -0.1) is 0 Å². The van der Waals surface area contributed by atoms with E-state index in [0.29, 0.717) is 37.2 Å². The zero-order valence-electron chi connectivity index (χ0n) is 65.2. The van der Waals surface area contributed by atoms with E-state index in [1.807, 2.05) is 130 Å². The van der Waals surface area contributed by atoms with Crippen LogP contribution in [0.4, 0.5) is 0 Å². The van der Waals surface area contributed by atoms with Crippen LogP contribution in [0.2, 0.25) is 0 Å². The van der Waals surface area contributed by atoms with Crippen LogP contribution in [0.3, 0.4) is 0 Å². The number of nitrogens with two attached hydrogens (primary N) is 1. The maximum absolute atomic E-state index is 5.26. The van der Waals surface area contributed by atoms with Gasteiger partial charge in [-0.1, -0.05) is 157 Å². The highest BCUT2D eigenvalue weighted by molar-refractivity contribution is 6.38. The number of oxime groups is 2. The van der Waals surface area contributed by atoms with E-state index < -0.39 is 0 Å². The molecule has 0 atom stereocenters. The minimum atomic E-state index is 0.0676. The summed E-state index contributed by atoms with van der Waals surface area (Å²) in [4.78, 5) is 44.7. The monoisotopic (exact) mass is 1400 g/mol. The number of allylic oxidation sites excluding steroid dienone is 4. The Hall–Kier alpha value is -10.4. The predicted octanol–water partition coefficient (Wildman–Crippen LogP) is 16.0. The van der Waals surface area contributed by atoms with E-state index >= 15 is 0 Å². The maximum Gasteiger partial charge on any atom is 0.258 e. The van der Waals surface area contributed by atoms with E-state index in [1.165, 1.54) is 44.9 Å². The van der Waals surface area contributed by atoms with Crippen LogP contribution < -0.4 is 10.8 Å². The molecule has 103 heavy (non-hydrogen) atoms. The molecule has 23 heteroatoms. The Balaban J connectivity index is 0.000000214. The lowest BCUT2D eigenvalue weighted by Crippen LogP contribution is -2.19. The number of benzene rings is 2. The van der Waals surface area contributed by atoms with Gasteiger partial charge in [0.1, 0.15) is 18.9 Å². The number of hydrogen-bond donors (Lipinski definition) is 1. The van der Waals surface area contributed by atoms with Crippen molar-refractivity contribution in [2.75, 3.05) is 39.4 Å². The van der Waals surface area contributed by atoms with Crippen LogP contribution >= 0.6 is 0 Å². The zero-order chi connectivity index (χ0) is 76.2. The minimum Gasteiger partial charge on any atom is -0.392 e. The molecule has 12 rings (SSSR count). The third-order valence-electron chi connectivity index (χ3n) is 16.0. The molecule has 0 amide bonds. The molecule has 2 aromatic carbocycles. The highest BCUT2D eigenvalue weighted by Crippen LogP contribution is 2.29. The molecule has 10 heterocycles. The smallest absolute Gasteiger partial charge is 0.258 e. The van der Waals surface area contributed by atoms with Crippen molar-refractivity contribution in [3.05, 3.63) is 213 Å². The van der Waals surface area contributed by atoms with Crippen molar-refractivity contribution >= 4 is 47.0 Å². The Morgan fingerprint density at radius 2 is 1.28 bits per heavy atom. The summed E-state index contributed by atoms with van der Waals surface area (Å²) < 4.78 is 12.8. The summed E-state index contributed by atoms with van der Waals surface area (Å²) in [5.41, 5.74) is 23.8. The third kappa shape index (κ3) is 25.9. The molecule has 0 aliphatic carbocycles. The molecule has 0 saturated heterocycles. The molecule has 0 radical (unpaired) electrons. The number of aryl methyl sites for hydroxylation is 9. The number of aromatic nitrogens is 11. The quantitative estimate of drug-likeness (QED) is 0.0350. The van der Waals surface area contributed by atoms with Gasteiger partial charge in [-0.2, -0.15) is 31.3 Å². The molecule has 4 aliphatic heterocycles. The van der Waals surface area contributed by atoms with Crippen molar-refractivity contribution in [2.45, 2.75) is 163 Å². The van der Waals surface area contributed by atoms with Gasteiger partial charge in [0.25, 0.3) is 5.89 Å². The van der Waals surface area contributed by atoms with E-state index in [4.69, 9.17) is 25.0 Å². The predicted molar refractivity (Wildman–Crippen MR) is 421 cm³/mol. The van der Waals surface area contributed by atoms with Gasteiger partial charge in [0.2, 0.25) is 5.82 Å². The first-order valence-electron chi connectivity index (χ1n) is 34.5. The molecule has 0 unspecified atom stereocenters. The fourth-order valence-electron chi connectivity index (χ4n) is 10.6. The van der Waals surface area contributed by atoms with Crippen molar-refractivity contribution in [2.24, 2.45) is 55.7 Å². The lowest BCUT2D eigenvalue weighted by molar-refractivity contribution is -0.211. The maximum atomic E-state index is 5.26.